The number of rotatable bonds is 9. The van der Waals surface area contributed by atoms with E-state index in [4.69, 9.17) is 32.1 Å². The van der Waals surface area contributed by atoms with Crippen LogP contribution < -0.4 is 14.2 Å². The minimum absolute atomic E-state index is 0.0470. The van der Waals surface area contributed by atoms with Crippen molar-refractivity contribution in [1.82, 2.24) is 0 Å². The van der Waals surface area contributed by atoms with Crippen molar-refractivity contribution in [3.05, 3.63) is 89.5 Å². The molecule has 0 atom stereocenters. The second-order valence-electron chi connectivity index (χ2n) is 7.28. The van der Waals surface area contributed by atoms with Crippen LogP contribution in [-0.2, 0) is 14.9 Å². The highest BCUT2D eigenvalue weighted by Crippen LogP contribution is 2.38. The molecule has 3 rings (SSSR count). The first kappa shape index (κ1) is 29.2. The van der Waals surface area contributed by atoms with Gasteiger partial charge in [-0.05, 0) is 65.4 Å². The number of carbonyl (C=O) groups is 1. The maximum Gasteiger partial charge on any atom is 0.339 e. The van der Waals surface area contributed by atoms with Crippen LogP contribution in [0.3, 0.4) is 0 Å². The van der Waals surface area contributed by atoms with Crippen LogP contribution in [-0.4, -0.2) is 25.9 Å². The van der Waals surface area contributed by atoms with Crippen molar-refractivity contribution in [3.63, 3.8) is 0 Å². The average Bonchev–Trinajstić information content (AvgIpc) is 2.87. The lowest BCUT2D eigenvalue weighted by Gasteiger charge is -2.15. The van der Waals surface area contributed by atoms with Crippen LogP contribution in [0.2, 0.25) is 10.0 Å². The second kappa shape index (κ2) is 12.4. The van der Waals surface area contributed by atoms with Gasteiger partial charge >= 0.3 is 10.1 Å². The van der Waals surface area contributed by atoms with Crippen LogP contribution in [0.1, 0.15) is 12.5 Å². The molecule has 0 unspecified atom stereocenters. The van der Waals surface area contributed by atoms with Gasteiger partial charge in [-0.2, -0.15) is 13.7 Å². The van der Waals surface area contributed by atoms with Crippen molar-refractivity contribution < 1.29 is 27.1 Å². The van der Waals surface area contributed by atoms with E-state index in [1.54, 1.807) is 31.2 Å². The summed E-state index contributed by atoms with van der Waals surface area (Å²) in [6.07, 6.45) is 1.24. The molecule has 14 heteroatoms. The third kappa shape index (κ3) is 6.93. The maximum atomic E-state index is 12.8. The number of hydrogen-bond donors (Lipinski definition) is 1. The molecule has 1 N–H and O–H groups in total. The number of anilines is 1. The average molecular weight is 688 g/mol. The second-order valence-corrected chi connectivity index (χ2v) is 10.8. The Bertz CT molecular complexity index is 1570. The van der Waals surface area contributed by atoms with Gasteiger partial charge in [-0.3, -0.25) is 14.9 Å². The summed E-state index contributed by atoms with van der Waals surface area (Å²) in [5.74, 6) is -0.865. The first-order valence-electron chi connectivity index (χ1n) is 10.5. The van der Waals surface area contributed by atoms with E-state index in [0.29, 0.717) is 9.13 Å². The number of nitro benzene ring substituents is 1. The maximum absolute atomic E-state index is 12.8. The Kier molecular flexibility index (Phi) is 9.55. The zero-order chi connectivity index (χ0) is 28.0. The van der Waals surface area contributed by atoms with E-state index >= 15 is 0 Å². The molecule has 0 heterocycles. The Balaban J connectivity index is 1.95. The van der Waals surface area contributed by atoms with E-state index in [1.165, 1.54) is 30.3 Å². The molecule has 0 aliphatic heterocycles. The summed E-state index contributed by atoms with van der Waals surface area (Å²) in [6, 6.07) is 14.3. The van der Waals surface area contributed by atoms with Crippen LogP contribution in [0.5, 0.6) is 11.5 Å². The van der Waals surface area contributed by atoms with Crippen molar-refractivity contribution >= 4 is 79.3 Å². The van der Waals surface area contributed by atoms with E-state index in [1.807, 2.05) is 22.6 Å². The molecule has 0 saturated heterocycles. The molecule has 0 aromatic heterocycles. The van der Waals surface area contributed by atoms with Crippen LogP contribution in [0.25, 0.3) is 6.08 Å². The first-order valence-corrected chi connectivity index (χ1v) is 13.7. The number of nitrogens with one attached hydrogen (secondary N) is 1. The van der Waals surface area contributed by atoms with Crippen molar-refractivity contribution in [1.29, 1.82) is 5.26 Å². The van der Waals surface area contributed by atoms with Gasteiger partial charge in [0.25, 0.3) is 11.6 Å². The van der Waals surface area contributed by atoms with E-state index in [2.05, 4.69) is 5.32 Å². The highest BCUT2D eigenvalue weighted by molar-refractivity contribution is 14.1. The van der Waals surface area contributed by atoms with Crippen molar-refractivity contribution in [2.24, 2.45) is 0 Å². The fourth-order valence-electron chi connectivity index (χ4n) is 3.04. The monoisotopic (exact) mass is 687 g/mol. The summed E-state index contributed by atoms with van der Waals surface area (Å²) in [4.78, 5) is 23.0. The normalized spacial score (nSPS) is 11.4. The van der Waals surface area contributed by atoms with Gasteiger partial charge in [-0.25, -0.2) is 0 Å². The molecule has 0 fully saturated rings. The zero-order valence-corrected chi connectivity index (χ0v) is 23.8. The smallest absolute Gasteiger partial charge is 0.339 e. The number of amides is 1. The van der Waals surface area contributed by atoms with E-state index in [0.717, 1.165) is 12.1 Å². The van der Waals surface area contributed by atoms with Gasteiger partial charge in [0.05, 0.1) is 30.8 Å². The largest absolute Gasteiger partial charge is 0.490 e. The van der Waals surface area contributed by atoms with Gasteiger partial charge in [-0.15, -0.1) is 0 Å². The molecule has 0 radical (unpaired) electrons. The van der Waals surface area contributed by atoms with Crippen molar-refractivity contribution in [3.8, 4) is 17.6 Å². The SMILES string of the molecule is CCOc1cc(/C=C(\C#N)C(=O)Nc2c(Cl)cc([N+](=O)[O-])cc2Cl)cc(I)c1OS(=O)(=O)c1ccccc1. The van der Waals surface area contributed by atoms with E-state index in [9.17, 15) is 28.6 Å². The molecule has 3 aromatic rings. The quantitative estimate of drug-likeness (QED) is 0.0696. The lowest BCUT2D eigenvalue weighted by Crippen LogP contribution is -2.14. The van der Waals surface area contributed by atoms with Gasteiger partial charge < -0.3 is 14.2 Å². The number of nitrogens with zero attached hydrogens (tertiary/aromatic N) is 2. The van der Waals surface area contributed by atoms with Gasteiger partial charge in [-0.1, -0.05) is 41.4 Å². The Morgan fingerprint density at radius 3 is 2.37 bits per heavy atom. The molecule has 0 aliphatic carbocycles. The predicted molar refractivity (Wildman–Crippen MR) is 150 cm³/mol. The Morgan fingerprint density at radius 1 is 1.18 bits per heavy atom. The predicted octanol–water partition coefficient (Wildman–Crippen LogP) is 6.22. The molecule has 0 bridgehead atoms. The zero-order valence-electron chi connectivity index (χ0n) is 19.3. The van der Waals surface area contributed by atoms with Gasteiger partial charge in [0, 0.05) is 12.1 Å². The summed E-state index contributed by atoms with van der Waals surface area (Å²) in [5, 5.41) is 22.6. The summed E-state index contributed by atoms with van der Waals surface area (Å²) >= 11 is 13.9. The minimum Gasteiger partial charge on any atom is -0.490 e. The molecular formula is C24H16Cl2IN3O7S. The number of non-ortho nitro benzene ring substituents is 1. The van der Waals surface area contributed by atoms with Crippen LogP contribution in [0.15, 0.2) is 65.1 Å². The van der Waals surface area contributed by atoms with Gasteiger partial charge in [0.15, 0.2) is 11.5 Å². The number of nitro groups is 1. The number of nitriles is 1. The minimum atomic E-state index is -4.17. The van der Waals surface area contributed by atoms with E-state index < -0.39 is 20.9 Å². The molecular weight excluding hydrogens is 672 g/mol. The molecule has 0 aliphatic rings. The third-order valence-corrected chi connectivity index (χ3v) is 7.34. The molecule has 3 aromatic carbocycles. The molecule has 0 spiro atoms. The Hall–Kier alpha value is -3.38. The number of halogens is 3. The fourth-order valence-corrected chi connectivity index (χ4v) is 5.47. The Morgan fingerprint density at radius 2 is 1.82 bits per heavy atom. The highest BCUT2D eigenvalue weighted by atomic mass is 127. The first-order chi connectivity index (χ1) is 18.0. The number of carbonyl (C=O) groups excluding carboxylic acids is 1. The van der Waals surface area contributed by atoms with Crippen LogP contribution in [0.4, 0.5) is 11.4 Å². The fraction of sp³-hybridized carbons (Fsp3) is 0.0833. The van der Waals surface area contributed by atoms with E-state index in [-0.39, 0.29) is 50.0 Å². The standard InChI is InChI=1S/C24H16Cl2IN3O7S/c1-2-36-21-10-14(9-20(27)23(21)37-38(34,35)17-6-4-3-5-7-17)8-15(13-28)24(31)29-22-18(25)11-16(30(32)33)12-19(22)26/h3-12H,2H2,1H3,(H,29,31)/b15-8+. The molecule has 0 saturated carbocycles. The molecule has 38 heavy (non-hydrogen) atoms. The highest BCUT2D eigenvalue weighted by Gasteiger charge is 2.23. The lowest BCUT2D eigenvalue weighted by atomic mass is 10.1. The van der Waals surface area contributed by atoms with Crippen molar-refractivity contribution in [2.75, 3.05) is 11.9 Å². The summed E-state index contributed by atoms with van der Waals surface area (Å²) < 4.78 is 36.8. The summed E-state index contributed by atoms with van der Waals surface area (Å²) in [7, 11) is -4.17. The number of benzene rings is 3. The summed E-state index contributed by atoms with van der Waals surface area (Å²) in [6.45, 7) is 1.87. The van der Waals surface area contributed by atoms with Crippen LogP contribution >= 0.6 is 45.8 Å². The lowest BCUT2D eigenvalue weighted by molar-refractivity contribution is -0.384. The van der Waals surface area contributed by atoms with Crippen molar-refractivity contribution in [2.45, 2.75) is 11.8 Å². The summed E-state index contributed by atoms with van der Waals surface area (Å²) in [5.41, 5.74) is -0.512. The topological polar surface area (TPSA) is 149 Å². The Labute approximate surface area is 241 Å². The molecule has 196 valence electrons. The number of ether oxygens (including phenoxy) is 1. The third-order valence-electron chi connectivity index (χ3n) is 4.71. The molecule has 10 nitrogen and oxygen atoms in total. The number of hydrogen-bond acceptors (Lipinski definition) is 8. The van der Waals surface area contributed by atoms with Gasteiger partial charge in [0.1, 0.15) is 16.5 Å². The van der Waals surface area contributed by atoms with Crippen LogP contribution in [0, 0.1) is 25.0 Å². The molecule has 1 amide bonds. The van der Waals surface area contributed by atoms with Gasteiger partial charge in [0.2, 0.25) is 0 Å².